The van der Waals surface area contributed by atoms with E-state index in [9.17, 15) is 4.79 Å². The van der Waals surface area contributed by atoms with Gasteiger partial charge < -0.3 is 10.2 Å². The van der Waals surface area contributed by atoms with Crippen LogP contribution in [-0.2, 0) is 9.63 Å². The second kappa shape index (κ2) is 7.08. The lowest BCUT2D eigenvalue weighted by Crippen LogP contribution is -2.18. The molecule has 0 atom stereocenters. The fourth-order valence-electron chi connectivity index (χ4n) is 3.43. The maximum Gasteiger partial charge on any atom is 0.265 e. The van der Waals surface area contributed by atoms with Gasteiger partial charge in [-0.3, -0.25) is 4.79 Å². The van der Waals surface area contributed by atoms with E-state index in [1.165, 1.54) is 0 Å². The van der Waals surface area contributed by atoms with E-state index in [1.54, 1.807) is 0 Å². The number of oxime groups is 1. The first-order valence-corrected chi connectivity index (χ1v) is 8.90. The molecule has 1 aliphatic rings. The Morgan fingerprint density at radius 2 is 1.33 bits per heavy atom. The predicted molar refractivity (Wildman–Crippen MR) is 108 cm³/mol. The minimum Gasteiger partial charge on any atom is -0.385 e. The van der Waals surface area contributed by atoms with Crippen LogP contribution in [-0.4, -0.2) is 18.2 Å². The Labute approximate surface area is 158 Å². The Kier molecular flexibility index (Phi) is 4.47. The van der Waals surface area contributed by atoms with Crippen molar-refractivity contribution in [2.75, 3.05) is 11.9 Å². The molecule has 27 heavy (non-hydrogen) atoms. The molecule has 0 unspecified atom stereocenters. The number of benzene rings is 3. The number of carbonyl (C=O) groups excluding carboxylic acids is 1. The van der Waals surface area contributed by atoms with Crippen LogP contribution in [0.25, 0.3) is 11.1 Å². The van der Waals surface area contributed by atoms with E-state index in [0.717, 1.165) is 44.8 Å². The van der Waals surface area contributed by atoms with E-state index < -0.39 is 0 Å². The van der Waals surface area contributed by atoms with Crippen molar-refractivity contribution in [2.24, 2.45) is 5.16 Å². The van der Waals surface area contributed by atoms with Crippen LogP contribution in [0.2, 0.25) is 0 Å². The summed E-state index contributed by atoms with van der Waals surface area (Å²) in [7, 11) is 0. The molecule has 0 aromatic heterocycles. The number of anilines is 1. The smallest absolute Gasteiger partial charge is 0.265 e. The van der Waals surface area contributed by atoms with Crippen LogP contribution >= 0.6 is 0 Å². The van der Waals surface area contributed by atoms with Crippen LogP contribution in [0.1, 0.15) is 22.3 Å². The maximum atomic E-state index is 12.3. The SMILES string of the molecule is Cc1cccc(C)c1NC(=O)CON=C1c2ccccc2-c2ccccc21. The fraction of sp³-hybridized carbons (Fsp3) is 0.130. The summed E-state index contributed by atoms with van der Waals surface area (Å²) in [4.78, 5) is 17.7. The zero-order valence-corrected chi connectivity index (χ0v) is 15.3. The van der Waals surface area contributed by atoms with Crippen molar-refractivity contribution in [3.8, 4) is 11.1 Å². The summed E-state index contributed by atoms with van der Waals surface area (Å²) in [5, 5.41) is 7.20. The number of nitrogens with one attached hydrogen (secondary N) is 1. The molecule has 0 saturated heterocycles. The van der Waals surface area contributed by atoms with Gasteiger partial charge in [0, 0.05) is 16.8 Å². The molecule has 0 heterocycles. The Morgan fingerprint density at radius 3 is 1.89 bits per heavy atom. The molecule has 0 radical (unpaired) electrons. The third-order valence-electron chi connectivity index (χ3n) is 4.75. The average Bonchev–Trinajstić information content (AvgIpc) is 2.99. The third kappa shape index (κ3) is 3.22. The van der Waals surface area contributed by atoms with Gasteiger partial charge in [0.15, 0.2) is 6.61 Å². The molecule has 1 N–H and O–H groups in total. The van der Waals surface area contributed by atoms with Gasteiger partial charge >= 0.3 is 0 Å². The lowest BCUT2D eigenvalue weighted by Gasteiger charge is -2.11. The second-order valence-electron chi connectivity index (χ2n) is 6.62. The first kappa shape index (κ1) is 17.0. The summed E-state index contributed by atoms with van der Waals surface area (Å²) in [6, 6.07) is 22.1. The zero-order chi connectivity index (χ0) is 18.8. The second-order valence-corrected chi connectivity index (χ2v) is 6.62. The van der Waals surface area contributed by atoms with E-state index in [2.05, 4.69) is 22.6 Å². The summed E-state index contributed by atoms with van der Waals surface area (Å²) in [5.41, 5.74) is 7.95. The quantitative estimate of drug-likeness (QED) is 0.539. The number of hydrogen-bond donors (Lipinski definition) is 1. The normalized spacial score (nSPS) is 11.6. The first-order chi connectivity index (χ1) is 13.1. The van der Waals surface area contributed by atoms with Crippen molar-refractivity contribution in [1.29, 1.82) is 0 Å². The molecular weight excluding hydrogens is 336 g/mol. The number of rotatable bonds is 4. The van der Waals surface area contributed by atoms with Crippen LogP contribution in [0.5, 0.6) is 0 Å². The highest BCUT2D eigenvalue weighted by Gasteiger charge is 2.24. The summed E-state index contributed by atoms with van der Waals surface area (Å²) in [6.45, 7) is 3.80. The largest absolute Gasteiger partial charge is 0.385 e. The van der Waals surface area contributed by atoms with Crippen LogP contribution in [0.4, 0.5) is 5.69 Å². The summed E-state index contributed by atoms with van der Waals surface area (Å²) in [5.74, 6) is -0.226. The molecule has 4 rings (SSSR count). The summed E-state index contributed by atoms with van der Waals surface area (Å²) in [6.07, 6.45) is 0. The van der Waals surface area contributed by atoms with E-state index in [1.807, 2.05) is 68.4 Å². The van der Waals surface area contributed by atoms with Gasteiger partial charge in [0.2, 0.25) is 0 Å². The van der Waals surface area contributed by atoms with Crippen LogP contribution in [0, 0.1) is 13.8 Å². The van der Waals surface area contributed by atoms with Crippen molar-refractivity contribution >= 4 is 17.3 Å². The molecule has 0 aliphatic heterocycles. The molecule has 0 fully saturated rings. The van der Waals surface area contributed by atoms with Gasteiger partial charge in [-0.15, -0.1) is 0 Å². The number of amides is 1. The fourth-order valence-corrected chi connectivity index (χ4v) is 3.43. The lowest BCUT2D eigenvalue weighted by atomic mass is 10.1. The van der Waals surface area contributed by atoms with Crippen LogP contribution in [0.3, 0.4) is 0 Å². The van der Waals surface area contributed by atoms with Gasteiger partial charge in [-0.25, -0.2) is 0 Å². The number of para-hydroxylation sites is 1. The number of hydrogen-bond acceptors (Lipinski definition) is 3. The van der Waals surface area contributed by atoms with Crippen LogP contribution < -0.4 is 5.32 Å². The molecule has 1 amide bonds. The van der Waals surface area contributed by atoms with Gasteiger partial charge in [-0.05, 0) is 36.1 Å². The Bertz CT molecular complexity index is 986. The Hall–Kier alpha value is -3.40. The van der Waals surface area contributed by atoms with Crippen molar-refractivity contribution in [1.82, 2.24) is 0 Å². The number of fused-ring (bicyclic) bond motifs is 3. The molecule has 0 spiro atoms. The molecular formula is C23H20N2O2. The van der Waals surface area contributed by atoms with E-state index in [0.29, 0.717) is 0 Å². The highest BCUT2D eigenvalue weighted by Crippen LogP contribution is 2.36. The van der Waals surface area contributed by atoms with Crippen molar-refractivity contribution in [3.63, 3.8) is 0 Å². The highest BCUT2D eigenvalue weighted by atomic mass is 16.6. The molecule has 0 bridgehead atoms. The molecule has 3 aromatic carbocycles. The molecule has 134 valence electrons. The Balaban J connectivity index is 1.51. The molecule has 1 aliphatic carbocycles. The van der Waals surface area contributed by atoms with E-state index in [-0.39, 0.29) is 12.5 Å². The van der Waals surface area contributed by atoms with Gasteiger partial charge in [-0.1, -0.05) is 71.9 Å². The lowest BCUT2D eigenvalue weighted by molar-refractivity contribution is -0.120. The van der Waals surface area contributed by atoms with Crippen LogP contribution in [0.15, 0.2) is 71.9 Å². The number of carbonyl (C=O) groups is 1. The molecule has 0 saturated carbocycles. The topological polar surface area (TPSA) is 50.7 Å². The van der Waals surface area contributed by atoms with Gasteiger partial charge in [-0.2, -0.15) is 0 Å². The van der Waals surface area contributed by atoms with Gasteiger partial charge in [0.05, 0.1) is 0 Å². The monoisotopic (exact) mass is 356 g/mol. The molecule has 4 nitrogen and oxygen atoms in total. The minimum absolute atomic E-state index is 0.137. The van der Waals surface area contributed by atoms with E-state index >= 15 is 0 Å². The third-order valence-corrected chi connectivity index (χ3v) is 4.75. The average molecular weight is 356 g/mol. The zero-order valence-electron chi connectivity index (χ0n) is 15.3. The minimum atomic E-state index is -0.226. The van der Waals surface area contributed by atoms with Gasteiger partial charge in [0.1, 0.15) is 5.71 Å². The van der Waals surface area contributed by atoms with Crippen molar-refractivity contribution < 1.29 is 9.63 Å². The number of aryl methyl sites for hydroxylation is 2. The Morgan fingerprint density at radius 1 is 0.815 bits per heavy atom. The van der Waals surface area contributed by atoms with Gasteiger partial charge in [0.25, 0.3) is 5.91 Å². The molecule has 3 aromatic rings. The highest BCUT2D eigenvalue weighted by molar-refractivity contribution is 6.24. The van der Waals surface area contributed by atoms with Crippen molar-refractivity contribution in [2.45, 2.75) is 13.8 Å². The molecule has 4 heteroatoms. The number of nitrogens with zero attached hydrogens (tertiary/aromatic N) is 1. The summed E-state index contributed by atoms with van der Waals surface area (Å²) >= 11 is 0. The maximum absolute atomic E-state index is 12.3. The standard InChI is InChI=1S/C23H20N2O2/c1-15-8-7-9-16(2)22(15)24-21(26)14-27-25-23-19-12-5-3-10-17(19)18-11-4-6-13-20(18)23/h3-13H,14H2,1-2H3,(H,24,26). The first-order valence-electron chi connectivity index (χ1n) is 8.90. The van der Waals surface area contributed by atoms with Crippen molar-refractivity contribution in [3.05, 3.63) is 89.0 Å². The van der Waals surface area contributed by atoms with E-state index in [4.69, 9.17) is 4.84 Å². The summed E-state index contributed by atoms with van der Waals surface area (Å²) < 4.78 is 0. The predicted octanol–water partition coefficient (Wildman–Crippen LogP) is 4.69.